The second-order valence-electron chi connectivity index (χ2n) is 8.00. The molecule has 33 heavy (non-hydrogen) atoms. The van der Waals surface area contributed by atoms with E-state index in [2.05, 4.69) is 40.2 Å². The zero-order valence-electron chi connectivity index (χ0n) is 19.8. The van der Waals surface area contributed by atoms with Gasteiger partial charge in [-0.2, -0.15) is 0 Å². The van der Waals surface area contributed by atoms with Crippen molar-refractivity contribution in [2.45, 2.75) is 26.9 Å². The molecule has 1 aliphatic rings. The van der Waals surface area contributed by atoms with Gasteiger partial charge in [0.15, 0.2) is 11.5 Å². The highest BCUT2D eigenvalue weighted by Gasteiger charge is 2.16. The third-order valence-electron chi connectivity index (χ3n) is 5.84. The van der Waals surface area contributed by atoms with Gasteiger partial charge in [-0.15, -0.1) is 0 Å². The van der Waals surface area contributed by atoms with E-state index in [4.69, 9.17) is 21.1 Å². The molecule has 0 unspecified atom stereocenters. The fraction of sp³-hybridized carbons (Fsp3) is 0.423. The van der Waals surface area contributed by atoms with Crippen LogP contribution in [-0.2, 0) is 17.9 Å². The van der Waals surface area contributed by atoms with Crippen molar-refractivity contribution in [1.82, 2.24) is 15.1 Å². The molecule has 1 aliphatic heterocycles. The molecule has 1 N–H and O–H groups in total. The number of amides is 1. The lowest BCUT2D eigenvalue weighted by molar-refractivity contribution is -0.116. The molecular formula is C26H34ClN3O3. The number of nitrogens with zero attached hydrogens (tertiary/aromatic N) is 2. The number of carbonyl (C=O) groups excluding carboxylic acids is 1. The van der Waals surface area contributed by atoms with E-state index >= 15 is 0 Å². The van der Waals surface area contributed by atoms with Crippen LogP contribution in [0, 0.1) is 0 Å². The van der Waals surface area contributed by atoms with Crippen LogP contribution in [0.25, 0.3) is 6.08 Å². The number of likely N-dealkylation sites (N-methyl/N-ethyl adjacent to an activating group) is 1. The number of hydrogen-bond acceptors (Lipinski definition) is 5. The van der Waals surface area contributed by atoms with E-state index in [0.717, 1.165) is 50.4 Å². The van der Waals surface area contributed by atoms with Crippen LogP contribution in [0.3, 0.4) is 0 Å². The van der Waals surface area contributed by atoms with E-state index < -0.39 is 0 Å². The van der Waals surface area contributed by atoms with Crippen LogP contribution in [-0.4, -0.2) is 62.1 Å². The maximum Gasteiger partial charge on any atom is 0.244 e. The Kier molecular flexibility index (Phi) is 9.61. The summed E-state index contributed by atoms with van der Waals surface area (Å²) in [7, 11) is 1.55. The van der Waals surface area contributed by atoms with Crippen molar-refractivity contribution in [3.63, 3.8) is 0 Å². The maximum absolute atomic E-state index is 12.5. The molecule has 1 saturated heterocycles. The molecule has 0 aromatic heterocycles. The van der Waals surface area contributed by atoms with Crippen molar-refractivity contribution in [1.29, 1.82) is 0 Å². The van der Waals surface area contributed by atoms with Gasteiger partial charge in [0.1, 0.15) is 0 Å². The van der Waals surface area contributed by atoms with Gasteiger partial charge < -0.3 is 19.7 Å². The van der Waals surface area contributed by atoms with E-state index in [1.54, 1.807) is 19.3 Å². The predicted molar refractivity (Wildman–Crippen MR) is 134 cm³/mol. The molecule has 0 bridgehead atoms. The Balaban J connectivity index is 1.59. The zero-order valence-corrected chi connectivity index (χ0v) is 20.5. The molecule has 0 saturated carbocycles. The summed E-state index contributed by atoms with van der Waals surface area (Å²) in [6.45, 7) is 11.5. The quantitative estimate of drug-likeness (QED) is 0.526. The van der Waals surface area contributed by atoms with Crippen LogP contribution in [0.4, 0.5) is 0 Å². The molecule has 2 aromatic rings. The van der Waals surface area contributed by atoms with Crippen molar-refractivity contribution >= 4 is 23.6 Å². The Morgan fingerprint density at radius 2 is 1.79 bits per heavy atom. The highest BCUT2D eigenvalue weighted by molar-refractivity contribution is 6.32. The molecule has 178 valence electrons. The topological polar surface area (TPSA) is 54.0 Å². The molecule has 1 fully saturated rings. The van der Waals surface area contributed by atoms with Gasteiger partial charge in [-0.05, 0) is 48.4 Å². The number of ether oxygens (including phenoxy) is 2. The summed E-state index contributed by atoms with van der Waals surface area (Å²) >= 11 is 6.29. The third kappa shape index (κ3) is 7.22. The fourth-order valence-electron chi connectivity index (χ4n) is 3.95. The van der Waals surface area contributed by atoms with Crippen LogP contribution in [0.5, 0.6) is 11.5 Å². The van der Waals surface area contributed by atoms with Crippen molar-refractivity contribution in [3.8, 4) is 11.5 Å². The van der Waals surface area contributed by atoms with Gasteiger partial charge in [0.2, 0.25) is 5.91 Å². The van der Waals surface area contributed by atoms with E-state index in [0.29, 0.717) is 29.7 Å². The highest BCUT2D eigenvalue weighted by Crippen LogP contribution is 2.36. The lowest BCUT2D eigenvalue weighted by Gasteiger charge is -2.34. The van der Waals surface area contributed by atoms with Crippen LogP contribution in [0.1, 0.15) is 30.5 Å². The Bertz CT molecular complexity index is 956. The van der Waals surface area contributed by atoms with E-state index in [-0.39, 0.29) is 5.91 Å². The molecule has 1 amide bonds. The summed E-state index contributed by atoms with van der Waals surface area (Å²) in [5.41, 5.74) is 3.17. The van der Waals surface area contributed by atoms with Crippen LogP contribution < -0.4 is 14.8 Å². The molecular weight excluding hydrogens is 438 g/mol. The Hall–Kier alpha value is -2.54. The van der Waals surface area contributed by atoms with Gasteiger partial charge in [-0.25, -0.2) is 0 Å². The van der Waals surface area contributed by atoms with Gasteiger partial charge in [-0.3, -0.25) is 9.69 Å². The molecule has 0 spiro atoms. The number of nitrogens with one attached hydrogen (secondary N) is 1. The van der Waals surface area contributed by atoms with Crippen LogP contribution >= 0.6 is 11.6 Å². The molecule has 7 heteroatoms. The Morgan fingerprint density at radius 1 is 1.09 bits per heavy atom. The summed E-state index contributed by atoms with van der Waals surface area (Å²) < 4.78 is 10.9. The monoisotopic (exact) mass is 471 g/mol. The highest BCUT2D eigenvalue weighted by atomic mass is 35.5. The van der Waals surface area contributed by atoms with Gasteiger partial charge in [0.05, 0.1) is 18.7 Å². The standard InChI is InChI=1S/C26H34ClN3O3/c1-4-29-12-14-30(15-13-29)19-22-9-7-6-8-21(22)18-28-25(31)11-10-20-16-23(27)26(32-3)24(17-20)33-5-2/h6-11,16-17H,4-5,12-15,18-19H2,1-3H3,(H,28,31). The van der Waals surface area contributed by atoms with Gasteiger partial charge in [0, 0.05) is 45.3 Å². The van der Waals surface area contributed by atoms with Crippen molar-refractivity contribution in [2.75, 3.05) is 46.4 Å². The summed E-state index contributed by atoms with van der Waals surface area (Å²) in [5, 5.41) is 3.44. The summed E-state index contributed by atoms with van der Waals surface area (Å²) in [4.78, 5) is 17.4. The van der Waals surface area contributed by atoms with E-state index in [9.17, 15) is 4.79 Å². The number of hydrogen-bond donors (Lipinski definition) is 1. The SMILES string of the molecule is CCOc1cc(C=CC(=O)NCc2ccccc2CN2CCN(CC)CC2)cc(Cl)c1OC. The van der Waals surface area contributed by atoms with Gasteiger partial charge in [0.25, 0.3) is 0 Å². The molecule has 3 rings (SSSR count). The summed E-state index contributed by atoms with van der Waals surface area (Å²) in [5.74, 6) is 0.889. The minimum absolute atomic E-state index is 0.161. The van der Waals surface area contributed by atoms with E-state index in [1.165, 1.54) is 11.6 Å². The lowest BCUT2D eigenvalue weighted by atomic mass is 10.1. The molecule has 6 nitrogen and oxygen atoms in total. The third-order valence-corrected chi connectivity index (χ3v) is 6.12. The smallest absolute Gasteiger partial charge is 0.244 e. The predicted octanol–water partition coefficient (Wildman–Crippen LogP) is 4.21. The number of rotatable bonds is 10. The first-order chi connectivity index (χ1) is 16.0. The number of halogens is 1. The minimum atomic E-state index is -0.161. The average molecular weight is 472 g/mol. The molecule has 2 aromatic carbocycles. The van der Waals surface area contributed by atoms with Gasteiger partial charge in [-0.1, -0.05) is 42.8 Å². The van der Waals surface area contributed by atoms with Crippen LogP contribution in [0.2, 0.25) is 5.02 Å². The minimum Gasteiger partial charge on any atom is -0.491 e. The Labute approximate surface area is 202 Å². The fourth-order valence-corrected chi connectivity index (χ4v) is 4.24. The van der Waals surface area contributed by atoms with E-state index in [1.807, 2.05) is 19.1 Å². The summed E-state index contributed by atoms with van der Waals surface area (Å²) in [6.07, 6.45) is 3.24. The first kappa shape index (κ1) is 25.1. The molecule has 1 heterocycles. The van der Waals surface area contributed by atoms with Crippen molar-refractivity contribution in [2.24, 2.45) is 0 Å². The van der Waals surface area contributed by atoms with Crippen LogP contribution in [0.15, 0.2) is 42.5 Å². The van der Waals surface area contributed by atoms with Crippen molar-refractivity contribution in [3.05, 3.63) is 64.2 Å². The number of methoxy groups -OCH3 is 1. The number of benzene rings is 2. The number of carbonyl (C=O) groups is 1. The summed E-state index contributed by atoms with van der Waals surface area (Å²) in [6, 6.07) is 11.9. The second kappa shape index (κ2) is 12.6. The second-order valence-corrected chi connectivity index (χ2v) is 8.40. The van der Waals surface area contributed by atoms with Gasteiger partial charge >= 0.3 is 0 Å². The molecule has 0 atom stereocenters. The largest absolute Gasteiger partial charge is 0.491 e. The average Bonchev–Trinajstić information content (AvgIpc) is 2.83. The first-order valence-corrected chi connectivity index (χ1v) is 11.9. The molecule has 0 radical (unpaired) electrons. The Morgan fingerprint density at radius 3 is 2.45 bits per heavy atom. The maximum atomic E-state index is 12.5. The first-order valence-electron chi connectivity index (χ1n) is 11.5. The van der Waals surface area contributed by atoms with Crippen molar-refractivity contribution < 1.29 is 14.3 Å². The number of piperazine rings is 1. The lowest BCUT2D eigenvalue weighted by Crippen LogP contribution is -2.45. The molecule has 0 aliphatic carbocycles. The normalized spacial score (nSPS) is 15.0. The zero-order chi connectivity index (χ0) is 23.6.